The topological polar surface area (TPSA) is 300 Å². The van der Waals surface area contributed by atoms with Crippen molar-refractivity contribution in [2.45, 2.75) is 62.7 Å². The molecular formula is C17H24N6Na2O14P2. The number of hydrogen-bond donors (Lipinski definition) is 4. The number of aromatic nitrogens is 2. The Kier molecular flexibility index (Phi) is 15.6. The zero-order chi connectivity index (χ0) is 29.0. The molecule has 0 bridgehead atoms. The molecule has 0 radical (unpaired) electrons. The number of azide groups is 1. The Morgan fingerprint density at radius 3 is 2.54 bits per heavy atom. The molecule has 3 heterocycles. The molecule has 2 aliphatic rings. The standard InChI is InChI=1S/C17H26N6O14P2.2Na/c1-8(24)20-13-15(27)14(26)10(6-19-22-18)35-16(13)36-39(31,32)37-38(29,30)33-7-9-2-3-12(34-9)23-5-4-11(25)21-17(23)28;;/h4-5,9-10,12-16,26-27H,2-3,6-7H2,1H3,(H,20,24)(H,29,30)(H,31,32)(H,21,25,28);;/q;2*+1/p-2. The van der Waals surface area contributed by atoms with Gasteiger partial charge in [-0.2, -0.15) is 0 Å². The van der Waals surface area contributed by atoms with Crippen molar-refractivity contribution >= 4 is 21.6 Å². The molecule has 0 spiro atoms. The first-order valence-corrected chi connectivity index (χ1v) is 14.1. The number of phosphoric acid groups is 2. The second kappa shape index (κ2) is 16.6. The minimum Gasteiger partial charge on any atom is -0.756 e. The first-order chi connectivity index (χ1) is 18.2. The molecule has 1 aromatic rings. The van der Waals surface area contributed by atoms with Crippen molar-refractivity contribution in [2.75, 3.05) is 13.2 Å². The van der Waals surface area contributed by atoms with E-state index in [1.807, 2.05) is 4.98 Å². The number of carbonyl (C=O) groups is 1. The van der Waals surface area contributed by atoms with Gasteiger partial charge in [0.1, 0.15) is 24.5 Å². The molecule has 9 unspecified atom stereocenters. The summed E-state index contributed by atoms with van der Waals surface area (Å²) in [5.41, 5.74) is 7.09. The molecule has 0 saturated carbocycles. The Morgan fingerprint density at radius 1 is 1.24 bits per heavy atom. The van der Waals surface area contributed by atoms with Crippen molar-refractivity contribution in [3.05, 3.63) is 43.5 Å². The number of phosphoric ester groups is 2. The summed E-state index contributed by atoms with van der Waals surface area (Å²) in [6, 6.07) is -0.622. The third-order valence-electron chi connectivity index (χ3n) is 5.49. The van der Waals surface area contributed by atoms with Gasteiger partial charge in [0.05, 0.1) is 25.4 Å². The van der Waals surface area contributed by atoms with Crippen LogP contribution in [-0.4, -0.2) is 75.6 Å². The van der Waals surface area contributed by atoms with Crippen LogP contribution in [0.25, 0.3) is 10.4 Å². The zero-order valence-corrected chi connectivity index (χ0v) is 27.8. The molecule has 0 aliphatic carbocycles. The largest absolute Gasteiger partial charge is 1.00 e. The number of carbonyl (C=O) groups excluding carboxylic acids is 1. The van der Waals surface area contributed by atoms with Crippen LogP contribution in [0.4, 0.5) is 0 Å². The van der Waals surface area contributed by atoms with Gasteiger partial charge >= 0.3 is 64.8 Å². The molecular weight excluding hydrogens is 620 g/mol. The molecule has 2 fully saturated rings. The van der Waals surface area contributed by atoms with Gasteiger partial charge < -0.3 is 39.3 Å². The molecule has 2 saturated heterocycles. The molecule has 2 aliphatic heterocycles. The van der Waals surface area contributed by atoms with Crippen LogP contribution >= 0.6 is 15.6 Å². The molecule has 218 valence electrons. The van der Waals surface area contributed by atoms with Gasteiger partial charge in [0, 0.05) is 24.1 Å². The zero-order valence-electron chi connectivity index (χ0n) is 22.0. The second-order valence-electron chi connectivity index (χ2n) is 8.35. The van der Waals surface area contributed by atoms with Crippen LogP contribution < -0.4 is 85.5 Å². The average Bonchev–Trinajstić information content (AvgIpc) is 3.29. The number of aromatic amines is 1. The fourth-order valence-corrected chi connectivity index (χ4v) is 5.92. The van der Waals surface area contributed by atoms with E-state index in [4.69, 9.17) is 15.0 Å². The Balaban J connectivity index is 0.00000420. The van der Waals surface area contributed by atoms with Gasteiger partial charge in [-0.25, -0.2) is 9.11 Å². The minimum atomic E-state index is -5.84. The van der Waals surface area contributed by atoms with Crippen LogP contribution in [-0.2, 0) is 36.8 Å². The number of ether oxygens (including phenoxy) is 2. The quantitative estimate of drug-likeness (QED) is 0.0572. The fourth-order valence-electron chi connectivity index (χ4n) is 3.81. The van der Waals surface area contributed by atoms with E-state index in [9.17, 15) is 43.5 Å². The third kappa shape index (κ3) is 11.2. The van der Waals surface area contributed by atoms with Gasteiger partial charge in [0.15, 0.2) is 6.29 Å². The molecule has 1 aromatic heterocycles. The van der Waals surface area contributed by atoms with E-state index >= 15 is 0 Å². The van der Waals surface area contributed by atoms with E-state index in [-0.39, 0.29) is 72.0 Å². The van der Waals surface area contributed by atoms with Gasteiger partial charge in [-0.1, -0.05) is 5.11 Å². The van der Waals surface area contributed by atoms with E-state index in [1.54, 1.807) is 0 Å². The third-order valence-corrected chi connectivity index (χ3v) is 8.03. The molecule has 4 N–H and O–H groups in total. The van der Waals surface area contributed by atoms with Crippen molar-refractivity contribution < 1.29 is 116 Å². The fraction of sp³-hybridized carbons (Fsp3) is 0.706. The van der Waals surface area contributed by atoms with Crippen molar-refractivity contribution in [3.8, 4) is 0 Å². The number of nitrogens with zero attached hydrogens (tertiary/aromatic N) is 4. The summed E-state index contributed by atoms with van der Waals surface area (Å²) in [5, 5.41) is 25.7. The van der Waals surface area contributed by atoms with Gasteiger partial charge in [-0.3, -0.25) is 32.8 Å². The summed E-state index contributed by atoms with van der Waals surface area (Å²) in [7, 11) is -11.5. The Morgan fingerprint density at radius 2 is 1.93 bits per heavy atom. The summed E-state index contributed by atoms with van der Waals surface area (Å²) in [6.07, 6.45) is -7.37. The van der Waals surface area contributed by atoms with Crippen LogP contribution in [0.1, 0.15) is 26.0 Å². The summed E-state index contributed by atoms with van der Waals surface area (Å²) in [6.45, 7) is -0.288. The Labute approximate surface area is 275 Å². The van der Waals surface area contributed by atoms with Crippen molar-refractivity contribution in [3.63, 3.8) is 0 Å². The smallest absolute Gasteiger partial charge is 0.756 e. The average molecular weight is 644 g/mol. The number of aliphatic hydroxyl groups is 2. The number of amides is 1. The SMILES string of the molecule is CC(=O)NC1C(OP(=O)([O-])OP(=O)([O-])OCC2CCC(n3ccc(=O)[nH]c3=O)O2)OC(CN=[N+]=[N-])C(O)C1O.[Na+].[Na+]. The number of aliphatic hydroxyl groups excluding tert-OH is 2. The normalized spacial score (nSPS) is 30.4. The van der Waals surface area contributed by atoms with E-state index in [0.717, 1.165) is 17.6 Å². The first-order valence-electron chi connectivity index (χ1n) is 11.1. The molecule has 20 nitrogen and oxygen atoms in total. The van der Waals surface area contributed by atoms with Crippen molar-refractivity contribution in [1.82, 2.24) is 14.9 Å². The summed E-state index contributed by atoms with van der Waals surface area (Å²) < 4.78 is 49.6. The summed E-state index contributed by atoms with van der Waals surface area (Å²) in [5.74, 6) is -0.796. The Bertz CT molecular complexity index is 1310. The molecule has 1 amide bonds. The molecule has 3 rings (SSSR count). The predicted molar refractivity (Wildman–Crippen MR) is 120 cm³/mol. The van der Waals surface area contributed by atoms with Crippen molar-refractivity contribution in [1.29, 1.82) is 0 Å². The van der Waals surface area contributed by atoms with E-state index in [2.05, 4.69) is 28.7 Å². The van der Waals surface area contributed by atoms with Crippen LogP contribution in [0, 0.1) is 0 Å². The summed E-state index contributed by atoms with van der Waals surface area (Å²) in [4.78, 5) is 63.6. The van der Waals surface area contributed by atoms with E-state index < -0.39 is 88.9 Å². The van der Waals surface area contributed by atoms with Gasteiger partial charge in [-0.15, -0.1) is 0 Å². The maximum Gasteiger partial charge on any atom is 1.00 e. The number of hydrogen-bond acceptors (Lipinski definition) is 15. The number of H-pyrrole nitrogens is 1. The number of rotatable bonds is 11. The van der Waals surface area contributed by atoms with E-state index in [1.165, 1.54) is 6.20 Å². The minimum absolute atomic E-state index is 0. The molecule has 41 heavy (non-hydrogen) atoms. The Hall–Kier alpha value is -0.440. The van der Waals surface area contributed by atoms with Gasteiger partial charge in [0.2, 0.25) is 5.91 Å². The first kappa shape index (κ1) is 38.6. The second-order valence-corrected chi connectivity index (χ2v) is 11.3. The molecule has 9 atom stereocenters. The van der Waals surface area contributed by atoms with Gasteiger partial charge in [0.25, 0.3) is 21.2 Å². The monoisotopic (exact) mass is 644 g/mol. The maximum absolute atomic E-state index is 12.4. The van der Waals surface area contributed by atoms with E-state index in [0.29, 0.717) is 0 Å². The summed E-state index contributed by atoms with van der Waals surface area (Å²) >= 11 is 0. The van der Waals surface area contributed by atoms with Gasteiger partial charge in [-0.05, 0) is 18.4 Å². The van der Waals surface area contributed by atoms with Crippen LogP contribution in [0.15, 0.2) is 27.0 Å². The predicted octanol–water partition coefficient (Wildman–Crippen LogP) is -8.53. The number of nitrogens with one attached hydrogen (secondary N) is 2. The maximum atomic E-state index is 12.4. The van der Waals surface area contributed by atoms with Crippen molar-refractivity contribution in [2.24, 2.45) is 5.11 Å². The van der Waals surface area contributed by atoms with Crippen LogP contribution in [0.5, 0.6) is 0 Å². The van der Waals surface area contributed by atoms with Crippen LogP contribution in [0.3, 0.4) is 0 Å². The van der Waals surface area contributed by atoms with Crippen LogP contribution in [0.2, 0.25) is 0 Å². The molecule has 0 aromatic carbocycles. The molecule has 24 heteroatoms.